The number of aryl methyl sites for hydroxylation is 2. The molecule has 1 heterocycles. The third kappa shape index (κ3) is 4.60. The van der Waals surface area contributed by atoms with E-state index in [1.54, 1.807) is 11.8 Å². The average molecular weight is 409 g/mol. The Balaban J connectivity index is 0.00000225. The molecule has 0 saturated heterocycles. The zero-order chi connectivity index (χ0) is 18.6. The first-order chi connectivity index (χ1) is 13.2. The summed E-state index contributed by atoms with van der Waals surface area (Å²) in [5.41, 5.74) is 6.55. The van der Waals surface area contributed by atoms with Crippen molar-refractivity contribution >= 4 is 29.3 Å². The second kappa shape index (κ2) is 9.31. The number of rotatable bonds is 4. The van der Waals surface area contributed by atoms with Gasteiger partial charge in [0, 0.05) is 5.75 Å². The van der Waals surface area contributed by atoms with Crippen molar-refractivity contribution < 1.29 is 0 Å². The number of benzene rings is 3. The van der Waals surface area contributed by atoms with Crippen LogP contribution in [0.5, 0.6) is 0 Å². The topological polar surface area (TPSA) is 24.4 Å². The molecule has 2 nitrogen and oxygen atoms in total. The van der Waals surface area contributed by atoms with Crippen molar-refractivity contribution in [1.29, 1.82) is 0 Å². The van der Waals surface area contributed by atoms with Crippen LogP contribution in [-0.4, -0.2) is 5.17 Å². The van der Waals surface area contributed by atoms with Gasteiger partial charge in [0.25, 0.3) is 0 Å². The van der Waals surface area contributed by atoms with E-state index in [0.717, 1.165) is 10.9 Å². The highest BCUT2D eigenvalue weighted by Gasteiger charge is 2.31. The molecule has 0 bridgehead atoms. The van der Waals surface area contributed by atoms with Crippen molar-refractivity contribution in [3.63, 3.8) is 0 Å². The lowest BCUT2D eigenvalue weighted by molar-refractivity contribution is 0.573. The summed E-state index contributed by atoms with van der Waals surface area (Å²) < 4.78 is 0. The van der Waals surface area contributed by atoms with Crippen LogP contribution in [0.15, 0.2) is 83.9 Å². The van der Waals surface area contributed by atoms with Gasteiger partial charge < -0.3 is 5.32 Å². The first-order valence-corrected chi connectivity index (χ1v) is 10.3. The predicted octanol–water partition coefficient (Wildman–Crippen LogP) is 6.40. The minimum Gasteiger partial charge on any atom is -0.356 e. The van der Waals surface area contributed by atoms with Gasteiger partial charge >= 0.3 is 0 Å². The molecule has 0 aliphatic carbocycles. The van der Waals surface area contributed by atoms with Crippen molar-refractivity contribution in [2.75, 3.05) is 0 Å². The minimum atomic E-state index is 0. The zero-order valence-corrected chi connectivity index (χ0v) is 17.8. The van der Waals surface area contributed by atoms with Crippen molar-refractivity contribution in [1.82, 2.24) is 5.32 Å². The molecule has 0 fully saturated rings. The Bertz CT molecular complexity index is 941. The van der Waals surface area contributed by atoms with Crippen LogP contribution in [0.1, 0.15) is 39.9 Å². The molecule has 28 heavy (non-hydrogen) atoms. The van der Waals surface area contributed by atoms with Crippen LogP contribution in [0.4, 0.5) is 0 Å². The minimum absolute atomic E-state index is 0. The Kier molecular flexibility index (Phi) is 6.82. The van der Waals surface area contributed by atoms with Crippen molar-refractivity contribution in [3.05, 3.63) is 107 Å². The number of hydrogen-bond acceptors (Lipinski definition) is 3. The van der Waals surface area contributed by atoms with Crippen molar-refractivity contribution in [2.45, 2.75) is 31.7 Å². The van der Waals surface area contributed by atoms with Crippen molar-refractivity contribution in [3.8, 4) is 0 Å². The van der Waals surface area contributed by atoms with Gasteiger partial charge in [0.15, 0.2) is 5.17 Å². The standard InChI is InChI=1S/C24H24N2S.ClH/c1-17-13-14-18(2)21(15-17)16-27-24-25-22(19-9-5-3-6-10-19)23(26-24)20-11-7-4-8-12-20;/h3-15,22-23H,16H2,1-2H3,(H,25,26);1H. The van der Waals surface area contributed by atoms with Gasteiger partial charge in [-0.1, -0.05) is 96.2 Å². The Morgan fingerprint density at radius 3 is 2.18 bits per heavy atom. The van der Waals surface area contributed by atoms with E-state index in [1.807, 2.05) is 0 Å². The fourth-order valence-corrected chi connectivity index (χ4v) is 4.48. The summed E-state index contributed by atoms with van der Waals surface area (Å²) >= 11 is 1.80. The SMILES string of the molecule is Cc1ccc(C)c(CSC2=NC(c3ccccc3)C(c3ccccc3)N2)c1.Cl. The molecule has 2 atom stereocenters. The normalized spacial score (nSPS) is 18.1. The first-order valence-electron chi connectivity index (χ1n) is 9.34. The number of amidine groups is 1. The largest absolute Gasteiger partial charge is 0.356 e. The maximum Gasteiger partial charge on any atom is 0.158 e. The van der Waals surface area contributed by atoms with Gasteiger partial charge in [0.1, 0.15) is 6.04 Å². The summed E-state index contributed by atoms with van der Waals surface area (Å²) in [4.78, 5) is 5.05. The highest BCUT2D eigenvalue weighted by atomic mass is 35.5. The maximum atomic E-state index is 5.05. The lowest BCUT2D eigenvalue weighted by Crippen LogP contribution is -2.22. The van der Waals surface area contributed by atoms with Crippen LogP contribution in [0.25, 0.3) is 0 Å². The van der Waals surface area contributed by atoms with E-state index in [-0.39, 0.29) is 24.5 Å². The third-order valence-electron chi connectivity index (χ3n) is 5.02. The molecular weight excluding hydrogens is 384 g/mol. The molecule has 1 N–H and O–H groups in total. The fraction of sp³-hybridized carbons (Fsp3) is 0.208. The molecule has 0 radical (unpaired) electrons. The number of thioether (sulfide) groups is 1. The summed E-state index contributed by atoms with van der Waals surface area (Å²) in [6.07, 6.45) is 0. The van der Waals surface area contributed by atoms with Gasteiger partial charge in [-0.3, -0.25) is 4.99 Å². The maximum absolute atomic E-state index is 5.05. The molecule has 1 aliphatic rings. The van der Waals surface area contributed by atoms with Crippen LogP contribution in [0, 0.1) is 13.8 Å². The van der Waals surface area contributed by atoms with E-state index in [0.29, 0.717) is 0 Å². The second-order valence-electron chi connectivity index (χ2n) is 7.04. The predicted molar refractivity (Wildman–Crippen MR) is 123 cm³/mol. The molecule has 2 unspecified atom stereocenters. The molecule has 3 aromatic carbocycles. The van der Waals surface area contributed by atoms with E-state index < -0.39 is 0 Å². The van der Waals surface area contributed by atoms with Crippen LogP contribution >= 0.6 is 24.2 Å². The highest BCUT2D eigenvalue weighted by Crippen LogP contribution is 2.38. The third-order valence-corrected chi connectivity index (χ3v) is 5.97. The molecule has 0 amide bonds. The van der Waals surface area contributed by atoms with Gasteiger partial charge in [-0.25, -0.2) is 0 Å². The molecule has 4 heteroatoms. The number of hydrogen-bond donors (Lipinski definition) is 1. The monoisotopic (exact) mass is 408 g/mol. The highest BCUT2D eigenvalue weighted by molar-refractivity contribution is 8.13. The zero-order valence-electron chi connectivity index (χ0n) is 16.1. The summed E-state index contributed by atoms with van der Waals surface area (Å²) in [5, 5.41) is 4.70. The molecule has 0 saturated carbocycles. The number of halogens is 1. The lowest BCUT2D eigenvalue weighted by Gasteiger charge is -2.19. The fourth-order valence-electron chi connectivity index (χ4n) is 3.47. The molecule has 144 valence electrons. The molecule has 3 aromatic rings. The smallest absolute Gasteiger partial charge is 0.158 e. The van der Waals surface area contributed by atoms with Gasteiger partial charge in [0.05, 0.1) is 6.04 Å². The van der Waals surface area contributed by atoms with E-state index in [1.165, 1.54) is 27.8 Å². The van der Waals surface area contributed by atoms with E-state index >= 15 is 0 Å². The van der Waals surface area contributed by atoms with Crippen LogP contribution in [0.2, 0.25) is 0 Å². The number of nitrogens with one attached hydrogen (secondary N) is 1. The molecule has 1 aliphatic heterocycles. The molecule has 0 spiro atoms. The summed E-state index contributed by atoms with van der Waals surface area (Å²) in [6.45, 7) is 4.33. The quantitative estimate of drug-likeness (QED) is 0.540. The second-order valence-corrected chi connectivity index (χ2v) is 8.01. The Hall–Kier alpha value is -2.23. The summed E-state index contributed by atoms with van der Waals surface area (Å²) in [7, 11) is 0. The van der Waals surface area contributed by atoms with Crippen LogP contribution in [-0.2, 0) is 5.75 Å². The number of nitrogens with zero attached hydrogens (tertiary/aromatic N) is 1. The number of aliphatic imine (C=N–C) groups is 1. The summed E-state index contributed by atoms with van der Waals surface area (Å²) in [6, 6.07) is 28.1. The molecular formula is C24H25ClN2S. The Morgan fingerprint density at radius 2 is 1.50 bits per heavy atom. The Morgan fingerprint density at radius 1 is 0.857 bits per heavy atom. The van der Waals surface area contributed by atoms with Gasteiger partial charge in [-0.2, -0.15) is 0 Å². The van der Waals surface area contributed by atoms with Gasteiger partial charge in [-0.05, 0) is 36.1 Å². The van der Waals surface area contributed by atoms with Gasteiger partial charge in [0.2, 0.25) is 0 Å². The average Bonchev–Trinajstić information content (AvgIpc) is 3.14. The van der Waals surface area contributed by atoms with E-state index in [2.05, 4.69) is 98.0 Å². The van der Waals surface area contributed by atoms with Gasteiger partial charge in [-0.15, -0.1) is 12.4 Å². The van der Waals surface area contributed by atoms with E-state index in [4.69, 9.17) is 4.99 Å². The Labute approximate surface area is 177 Å². The van der Waals surface area contributed by atoms with E-state index in [9.17, 15) is 0 Å². The summed E-state index contributed by atoms with van der Waals surface area (Å²) in [5.74, 6) is 0.933. The first kappa shape index (κ1) is 20.5. The lowest BCUT2D eigenvalue weighted by atomic mass is 9.95. The van der Waals surface area contributed by atoms with Crippen LogP contribution in [0.3, 0.4) is 0 Å². The molecule has 4 rings (SSSR count). The molecule has 0 aromatic heterocycles. The van der Waals surface area contributed by atoms with Crippen molar-refractivity contribution in [2.24, 2.45) is 4.99 Å². The van der Waals surface area contributed by atoms with Crippen LogP contribution < -0.4 is 5.32 Å².